The zero-order valence-corrected chi connectivity index (χ0v) is 22.0. The van der Waals surface area contributed by atoms with Crippen molar-refractivity contribution in [3.05, 3.63) is 85.1 Å². The first-order valence-electron chi connectivity index (χ1n) is 10.6. The third-order valence-corrected chi connectivity index (χ3v) is 7.72. The van der Waals surface area contributed by atoms with E-state index in [-0.39, 0.29) is 24.3 Å². The molecule has 2 aromatic carbocycles. The summed E-state index contributed by atoms with van der Waals surface area (Å²) >= 11 is 3.31. The summed E-state index contributed by atoms with van der Waals surface area (Å²) < 4.78 is 9.12. The van der Waals surface area contributed by atoms with Crippen molar-refractivity contribution >= 4 is 51.6 Å². The Kier molecular flexibility index (Phi) is 6.99. The van der Waals surface area contributed by atoms with Crippen LogP contribution in [0.1, 0.15) is 28.1 Å². The standard InChI is InChI=1S/C26H25IN2O3S/c1-16-6-5-7-22(12-16)32-11-10-28-25(30)24(33-26(28)31)15-20-14-18(3)29(19(20)4)21-8-9-23(27)17(2)13-21/h5-9,12-15H,10-11H2,1-4H3/b24-15-. The van der Waals surface area contributed by atoms with E-state index < -0.39 is 0 Å². The molecule has 1 aliphatic rings. The molecule has 7 heteroatoms. The second-order valence-electron chi connectivity index (χ2n) is 8.09. The van der Waals surface area contributed by atoms with Crippen LogP contribution >= 0.6 is 34.4 Å². The van der Waals surface area contributed by atoms with Gasteiger partial charge in [-0.1, -0.05) is 12.1 Å². The van der Waals surface area contributed by atoms with Gasteiger partial charge in [0.1, 0.15) is 12.4 Å². The first kappa shape index (κ1) is 23.6. The minimum atomic E-state index is -0.271. The van der Waals surface area contributed by atoms with Crippen molar-refractivity contribution in [1.29, 1.82) is 0 Å². The molecule has 4 rings (SSSR count). The Labute approximate surface area is 212 Å². The molecular formula is C26H25IN2O3S. The SMILES string of the molecule is Cc1cccc(OCCN2C(=O)S/C(=C\c3cc(C)n(-c4ccc(I)c(C)c4)c3C)C2=O)c1. The van der Waals surface area contributed by atoms with E-state index in [1.807, 2.05) is 51.1 Å². The Morgan fingerprint density at radius 1 is 1.03 bits per heavy atom. The van der Waals surface area contributed by atoms with Crippen LogP contribution in [0, 0.1) is 31.3 Å². The van der Waals surface area contributed by atoms with Crippen LogP contribution in [0.15, 0.2) is 53.4 Å². The number of carbonyl (C=O) groups excluding carboxylic acids is 2. The van der Waals surface area contributed by atoms with E-state index in [9.17, 15) is 9.59 Å². The maximum absolute atomic E-state index is 12.9. The summed E-state index contributed by atoms with van der Waals surface area (Å²) in [6.07, 6.45) is 1.82. The zero-order chi connectivity index (χ0) is 23.7. The van der Waals surface area contributed by atoms with Gasteiger partial charge in [0, 0.05) is 20.6 Å². The molecule has 1 aliphatic heterocycles. The molecule has 2 amide bonds. The quantitative estimate of drug-likeness (QED) is 0.252. The van der Waals surface area contributed by atoms with E-state index in [0.717, 1.165) is 45.7 Å². The van der Waals surface area contributed by atoms with Gasteiger partial charge in [0.25, 0.3) is 11.1 Å². The number of aromatic nitrogens is 1. The predicted octanol–water partition coefficient (Wildman–Crippen LogP) is 6.43. The van der Waals surface area contributed by atoms with Gasteiger partial charge in [0.05, 0.1) is 11.4 Å². The average Bonchev–Trinajstić information content (AvgIpc) is 3.19. The Morgan fingerprint density at radius 3 is 2.55 bits per heavy atom. The second kappa shape index (κ2) is 9.77. The molecule has 0 atom stereocenters. The first-order chi connectivity index (χ1) is 15.7. The third-order valence-electron chi connectivity index (χ3n) is 5.60. The first-order valence-corrected chi connectivity index (χ1v) is 12.5. The lowest BCUT2D eigenvalue weighted by Crippen LogP contribution is -2.32. The molecule has 0 bridgehead atoms. The highest BCUT2D eigenvalue weighted by Gasteiger charge is 2.35. The molecule has 0 radical (unpaired) electrons. The number of imide groups is 1. The van der Waals surface area contributed by atoms with Crippen molar-refractivity contribution in [3.63, 3.8) is 0 Å². The fraction of sp³-hybridized carbons (Fsp3) is 0.231. The van der Waals surface area contributed by atoms with Gasteiger partial charge in [-0.15, -0.1) is 0 Å². The molecule has 1 fully saturated rings. The molecule has 0 saturated carbocycles. The lowest BCUT2D eigenvalue weighted by atomic mass is 10.2. The zero-order valence-electron chi connectivity index (χ0n) is 19.0. The molecule has 3 aromatic rings. The lowest BCUT2D eigenvalue weighted by molar-refractivity contribution is -0.123. The van der Waals surface area contributed by atoms with Crippen molar-refractivity contribution in [1.82, 2.24) is 9.47 Å². The number of ether oxygens (including phenoxy) is 1. The molecule has 1 saturated heterocycles. The molecule has 0 unspecified atom stereocenters. The molecule has 0 spiro atoms. The van der Waals surface area contributed by atoms with E-state index in [2.05, 4.69) is 58.3 Å². The Balaban J connectivity index is 1.51. The van der Waals surface area contributed by atoms with Crippen LogP contribution in [0.2, 0.25) is 0 Å². The van der Waals surface area contributed by atoms with Crippen molar-refractivity contribution in [2.24, 2.45) is 0 Å². The van der Waals surface area contributed by atoms with E-state index in [4.69, 9.17) is 4.74 Å². The minimum absolute atomic E-state index is 0.219. The summed E-state index contributed by atoms with van der Waals surface area (Å²) in [5, 5.41) is -0.263. The van der Waals surface area contributed by atoms with Gasteiger partial charge in [-0.05, 0) is 121 Å². The molecule has 5 nitrogen and oxygen atoms in total. The summed E-state index contributed by atoms with van der Waals surface area (Å²) in [5.74, 6) is 0.462. The second-order valence-corrected chi connectivity index (χ2v) is 10.2. The van der Waals surface area contributed by atoms with Crippen molar-refractivity contribution in [2.75, 3.05) is 13.2 Å². The van der Waals surface area contributed by atoms with E-state index in [0.29, 0.717) is 4.91 Å². The molecule has 1 aromatic heterocycles. The number of hydrogen-bond donors (Lipinski definition) is 0. The fourth-order valence-corrected chi connectivity index (χ4v) is 5.08. The summed E-state index contributed by atoms with van der Waals surface area (Å²) in [6.45, 7) is 8.65. The van der Waals surface area contributed by atoms with Crippen LogP contribution in [0.5, 0.6) is 5.75 Å². The summed E-state index contributed by atoms with van der Waals surface area (Å²) in [6, 6.07) is 16.1. The van der Waals surface area contributed by atoms with Crippen LogP contribution in [0.3, 0.4) is 0 Å². The van der Waals surface area contributed by atoms with Gasteiger partial charge in [-0.3, -0.25) is 14.5 Å². The number of hydrogen-bond acceptors (Lipinski definition) is 4. The average molecular weight is 572 g/mol. The molecule has 170 valence electrons. The van der Waals surface area contributed by atoms with Crippen molar-refractivity contribution in [3.8, 4) is 11.4 Å². The molecular weight excluding hydrogens is 547 g/mol. The molecule has 2 heterocycles. The van der Waals surface area contributed by atoms with Gasteiger partial charge in [-0.25, -0.2) is 0 Å². The third kappa shape index (κ3) is 5.04. The number of rotatable bonds is 6. The van der Waals surface area contributed by atoms with Crippen molar-refractivity contribution < 1.29 is 14.3 Å². The van der Waals surface area contributed by atoms with E-state index in [1.165, 1.54) is 14.0 Å². The van der Waals surface area contributed by atoms with E-state index in [1.54, 1.807) is 0 Å². The smallest absolute Gasteiger partial charge is 0.293 e. The number of amides is 2. The van der Waals surface area contributed by atoms with Crippen LogP contribution in [-0.4, -0.2) is 33.8 Å². The summed E-state index contributed by atoms with van der Waals surface area (Å²) in [5.41, 5.74) is 6.44. The maximum Gasteiger partial charge on any atom is 0.293 e. The van der Waals surface area contributed by atoms with Crippen LogP contribution in [0.4, 0.5) is 4.79 Å². The van der Waals surface area contributed by atoms with Gasteiger partial charge in [0.2, 0.25) is 0 Å². The fourth-order valence-electron chi connectivity index (χ4n) is 3.89. The largest absolute Gasteiger partial charge is 0.492 e. The summed E-state index contributed by atoms with van der Waals surface area (Å²) in [4.78, 5) is 27.1. The number of benzene rings is 2. The molecule has 0 N–H and O–H groups in total. The van der Waals surface area contributed by atoms with Crippen LogP contribution < -0.4 is 4.74 Å². The molecule has 0 aliphatic carbocycles. The maximum atomic E-state index is 12.9. The monoisotopic (exact) mass is 572 g/mol. The predicted molar refractivity (Wildman–Crippen MR) is 142 cm³/mol. The number of carbonyl (C=O) groups is 2. The molecule has 33 heavy (non-hydrogen) atoms. The van der Waals surface area contributed by atoms with Gasteiger partial charge >= 0.3 is 0 Å². The van der Waals surface area contributed by atoms with Gasteiger partial charge in [-0.2, -0.15) is 0 Å². The topological polar surface area (TPSA) is 51.5 Å². The Bertz CT molecular complexity index is 1280. The van der Waals surface area contributed by atoms with Crippen LogP contribution in [0.25, 0.3) is 11.8 Å². The number of halogens is 1. The highest BCUT2D eigenvalue weighted by molar-refractivity contribution is 14.1. The Hall–Kier alpha value is -2.52. The van der Waals surface area contributed by atoms with Crippen molar-refractivity contribution in [2.45, 2.75) is 27.7 Å². The number of thioether (sulfide) groups is 1. The number of nitrogens with zero attached hydrogens (tertiary/aromatic N) is 2. The van der Waals surface area contributed by atoms with Gasteiger partial charge < -0.3 is 9.30 Å². The lowest BCUT2D eigenvalue weighted by Gasteiger charge is -2.13. The van der Waals surface area contributed by atoms with Crippen LogP contribution in [-0.2, 0) is 4.79 Å². The number of aryl methyl sites for hydroxylation is 3. The summed E-state index contributed by atoms with van der Waals surface area (Å²) in [7, 11) is 0. The van der Waals surface area contributed by atoms with E-state index >= 15 is 0 Å². The minimum Gasteiger partial charge on any atom is -0.492 e. The highest BCUT2D eigenvalue weighted by Crippen LogP contribution is 2.34. The normalized spacial score (nSPS) is 15.1. The Morgan fingerprint density at radius 2 is 1.82 bits per heavy atom. The van der Waals surface area contributed by atoms with Gasteiger partial charge in [0.15, 0.2) is 0 Å². The highest BCUT2D eigenvalue weighted by atomic mass is 127.